The molecule has 0 amide bonds. The molecule has 1 heterocycles. The minimum atomic E-state index is 0.167. The first-order chi connectivity index (χ1) is 10.7. The Kier molecular flexibility index (Phi) is 6.00. The normalized spacial score (nSPS) is 11.6. The summed E-state index contributed by atoms with van der Waals surface area (Å²) in [6.45, 7) is 4.18. The van der Waals surface area contributed by atoms with E-state index in [1.54, 1.807) is 0 Å². The molecule has 0 bridgehead atoms. The lowest BCUT2D eigenvalue weighted by Crippen LogP contribution is -2.16. The Bertz CT molecular complexity index is 709. The van der Waals surface area contributed by atoms with Crippen LogP contribution in [0.3, 0.4) is 0 Å². The predicted octanol–water partition coefficient (Wildman–Crippen LogP) is 4.92. The lowest BCUT2D eigenvalue weighted by Gasteiger charge is -2.14. The number of pyridine rings is 1. The van der Waals surface area contributed by atoms with Crippen LogP contribution in [0.4, 0.5) is 0 Å². The van der Waals surface area contributed by atoms with Gasteiger partial charge in [-0.3, -0.25) is 4.79 Å². The fourth-order valence-corrected chi connectivity index (χ4v) is 2.98. The maximum absolute atomic E-state index is 12.5. The Balaban J connectivity index is 2.15. The zero-order valence-electron chi connectivity index (χ0n) is 14.1. The van der Waals surface area contributed by atoms with Crippen LogP contribution in [0, 0.1) is 6.92 Å². The van der Waals surface area contributed by atoms with Crippen molar-refractivity contribution in [1.29, 1.82) is 0 Å². The van der Waals surface area contributed by atoms with Gasteiger partial charge in [0.15, 0.2) is 5.43 Å². The monoisotopic (exact) mass is 297 g/mol. The molecule has 1 aromatic carbocycles. The number of nitrogens with zero attached hydrogens (tertiary/aromatic N) is 1. The van der Waals surface area contributed by atoms with Gasteiger partial charge in [-0.05, 0) is 31.9 Å². The van der Waals surface area contributed by atoms with Crippen LogP contribution in [0.1, 0.15) is 50.3 Å². The van der Waals surface area contributed by atoms with Gasteiger partial charge in [0, 0.05) is 30.1 Å². The van der Waals surface area contributed by atoms with Gasteiger partial charge in [-0.25, -0.2) is 0 Å². The average molecular weight is 297 g/mol. The highest BCUT2D eigenvalue weighted by Crippen LogP contribution is 2.15. The lowest BCUT2D eigenvalue weighted by atomic mass is 10.1. The van der Waals surface area contributed by atoms with E-state index in [-0.39, 0.29) is 5.43 Å². The molecule has 2 aromatic rings. The van der Waals surface area contributed by atoms with Crippen LogP contribution in [0.15, 0.2) is 41.2 Å². The first-order valence-corrected chi connectivity index (χ1v) is 8.39. The van der Waals surface area contributed by atoms with Gasteiger partial charge in [0.2, 0.25) is 0 Å². The number of fused-ring (bicyclic) bond motifs is 1. The van der Waals surface area contributed by atoms with Crippen LogP contribution in [0.2, 0.25) is 0 Å². The van der Waals surface area contributed by atoms with Crippen molar-refractivity contribution in [2.75, 3.05) is 0 Å². The molecule has 0 spiro atoms. The maximum Gasteiger partial charge on any atom is 0.192 e. The summed E-state index contributed by atoms with van der Waals surface area (Å²) >= 11 is 0. The number of aromatic nitrogens is 1. The molecule has 0 radical (unpaired) electrons. The zero-order valence-corrected chi connectivity index (χ0v) is 14.1. The summed E-state index contributed by atoms with van der Waals surface area (Å²) < 4.78 is 2.16. The van der Waals surface area contributed by atoms with Crippen molar-refractivity contribution in [3.63, 3.8) is 0 Å². The van der Waals surface area contributed by atoms with Gasteiger partial charge in [-0.2, -0.15) is 0 Å². The van der Waals surface area contributed by atoms with E-state index < -0.39 is 0 Å². The molecule has 0 aliphatic carbocycles. The molecule has 118 valence electrons. The van der Waals surface area contributed by atoms with E-state index in [0.717, 1.165) is 35.0 Å². The molecular weight excluding hydrogens is 270 g/mol. The van der Waals surface area contributed by atoms with Gasteiger partial charge >= 0.3 is 0 Å². The molecule has 2 nitrogen and oxygen atoms in total. The predicted molar refractivity (Wildman–Crippen MR) is 95.5 cm³/mol. The van der Waals surface area contributed by atoms with Gasteiger partial charge in [0.05, 0.1) is 5.52 Å². The molecule has 0 fully saturated rings. The molecule has 1 aromatic heterocycles. The molecule has 22 heavy (non-hydrogen) atoms. The number of benzene rings is 1. The van der Waals surface area contributed by atoms with Crippen LogP contribution in [0.5, 0.6) is 0 Å². The van der Waals surface area contributed by atoms with Crippen molar-refractivity contribution in [1.82, 2.24) is 4.57 Å². The fourth-order valence-electron chi connectivity index (χ4n) is 2.98. The van der Waals surface area contributed by atoms with Crippen molar-refractivity contribution in [2.24, 2.45) is 7.05 Å². The third kappa shape index (κ3) is 3.68. The van der Waals surface area contributed by atoms with E-state index in [1.807, 2.05) is 31.2 Å². The summed E-state index contributed by atoms with van der Waals surface area (Å²) in [7, 11) is 2.05. The second-order valence-electron chi connectivity index (χ2n) is 6.00. The van der Waals surface area contributed by atoms with Crippen molar-refractivity contribution in [3.05, 3.63) is 57.9 Å². The average Bonchev–Trinajstić information content (AvgIpc) is 2.54. The van der Waals surface area contributed by atoms with E-state index in [2.05, 4.69) is 30.7 Å². The van der Waals surface area contributed by atoms with Gasteiger partial charge in [-0.1, -0.05) is 50.5 Å². The SMILES string of the molecule is CCCCCC/C=C/Cc1c(C)c(=O)c2ccccc2n1C. The number of aryl methyl sites for hydroxylation is 1. The molecule has 2 heteroatoms. The largest absolute Gasteiger partial charge is 0.347 e. The van der Waals surface area contributed by atoms with E-state index in [0.29, 0.717) is 0 Å². The minimum Gasteiger partial charge on any atom is -0.347 e. The fraction of sp³-hybridized carbons (Fsp3) is 0.450. The minimum absolute atomic E-state index is 0.167. The van der Waals surface area contributed by atoms with Gasteiger partial charge < -0.3 is 4.57 Å². The topological polar surface area (TPSA) is 22.0 Å². The number of unbranched alkanes of at least 4 members (excludes halogenated alkanes) is 4. The quantitative estimate of drug-likeness (QED) is 0.525. The van der Waals surface area contributed by atoms with Crippen molar-refractivity contribution in [3.8, 4) is 0 Å². The third-order valence-electron chi connectivity index (χ3n) is 4.39. The number of hydrogen-bond acceptors (Lipinski definition) is 1. The molecule has 2 rings (SSSR count). The standard InChI is InChI=1S/C20H27NO/c1-4-5-6-7-8-9-10-14-18-16(2)20(22)17-13-11-12-15-19(17)21(18)3/h9-13,15H,4-8,14H2,1-3H3/b10-9+. The Hall–Kier alpha value is -1.83. The Morgan fingerprint density at radius 2 is 1.86 bits per heavy atom. The lowest BCUT2D eigenvalue weighted by molar-refractivity contribution is 0.674. The van der Waals surface area contributed by atoms with Crippen LogP contribution >= 0.6 is 0 Å². The zero-order chi connectivity index (χ0) is 15.9. The van der Waals surface area contributed by atoms with Gasteiger partial charge in [0.1, 0.15) is 0 Å². The molecule has 0 unspecified atom stereocenters. The Morgan fingerprint density at radius 3 is 2.64 bits per heavy atom. The highest BCUT2D eigenvalue weighted by molar-refractivity contribution is 5.80. The first kappa shape index (κ1) is 16.5. The summed E-state index contributed by atoms with van der Waals surface area (Å²) in [4.78, 5) is 12.5. The van der Waals surface area contributed by atoms with E-state index >= 15 is 0 Å². The summed E-state index contributed by atoms with van der Waals surface area (Å²) in [5, 5.41) is 0.815. The Labute approximate surface area is 133 Å². The smallest absolute Gasteiger partial charge is 0.192 e. The van der Waals surface area contributed by atoms with E-state index in [1.165, 1.54) is 25.7 Å². The second kappa shape index (κ2) is 7.98. The highest BCUT2D eigenvalue weighted by Gasteiger charge is 2.09. The number of allylic oxidation sites excluding steroid dienone is 2. The molecule has 0 atom stereocenters. The third-order valence-corrected chi connectivity index (χ3v) is 4.39. The molecular formula is C20H27NO. The highest BCUT2D eigenvalue weighted by atomic mass is 16.1. The Morgan fingerprint density at radius 1 is 1.09 bits per heavy atom. The van der Waals surface area contributed by atoms with Gasteiger partial charge in [0.25, 0.3) is 0 Å². The summed E-state index contributed by atoms with van der Waals surface area (Å²) in [5.41, 5.74) is 3.18. The molecule has 0 aliphatic rings. The van der Waals surface area contributed by atoms with Crippen molar-refractivity contribution in [2.45, 2.75) is 52.4 Å². The number of rotatable bonds is 7. The van der Waals surface area contributed by atoms with Crippen LogP contribution in [-0.2, 0) is 13.5 Å². The summed E-state index contributed by atoms with van der Waals surface area (Å²) in [6.07, 6.45) is 11.6. The van der Waals surface area contributed by atoms with E-state index in [4.69, 9.17) is 0 Å². The molecule has 0 saturated heterocycles. The number of para-hydroxylation sites is 1. The first-order valence-electron chi connectivity index (χ1n) is 8.39. The maximum atomic E-state index is 12.5. The van der Waals surface area contributed by atoms with Crippen LogP contribution in [-0.4, -0.2) is 4.57 Å². The number of hydrogen-bond donors (Lipinski definition) is 0. The second-order valence-corrected chi connectivity index (χ2v) is 6.00. The summed E-state index contributed by atoms with van der Waals surface area (Å²) in [6, 6.07) is 7.86. The summed E-state index contributed by atoms with van der Waals surface area (Å²) in [5.74, 6) is 0. The molecule has 0 aliphatic heterocycles. The molecule has 0 saturated carbocycles. The molecule has 0 N–H and O–H groups in total. The van der Waals surface area contributed by atoms with Crippen LogP contribution in [0.25, 0.3) is 10.9 Å². The van der Waals surface area contributed by atoms with E-state index in [9.17, 15) is 4.79 Å². The van der Waals surface area contributed by atoms with Gasteiger partial charge in [-0.15, -0.1) is 0 Å². The van der Waals surface area contributed by atoms with Crippen LogP contribution < -0.4 is 5.43 Å². The van der Waals surface area contributed by atoms with Crippen molar-refractivity contribution < 1.29 is 0 Å². The van der Waals surface area contributed by atoms with Crippen molar-refractivity contribution >= 4 is 10.9 Å².